The molecule has 0 aliphatic rings. The van der Waals surface area contributed by atoms with E-state index in [1.807, 2.05) is 18.2 Å². The van der Waals surface area contributed by atoms with E-state index in [-0.39, 0.29) is 11.3 Å². The topological polar surface area (TPSA) is 42.2 Å². The lowest BCUT2D eigenvalue weighted by Crippen LogP contribution is -2.40. The Morgan fingerprint density at radius 3 is 1.98 bits per heavy atom. The maximum absolute atomic E-state index is 12.7. The fourth-order valence-electron chi connectivity index (χ4n) is 5.30. The van der Waals surface area contributed by atoms with Gasteiger partial charge in [0.05, 0.1) is 13.0 Å². The Morgan fingerprint density at radius 1 is 0.800 bits per heavy atom. The van der Waals surface area contributed by atoms with E-state index in [0.717, 1.165) is 36.6 Å². The number of unbranched alkanes of at least 4 members (excludes halogenated alkanes) is 13. The highest BCUT2D eigenvalue weighted by atomic mass is 16.5. The third-order valence-corrected chi connectivity index (χ3v) is 7.81. The van der Waals surface area contributed by atoms with Gasteiger partial charge in [-0.1, -0.05) is 129 Å². The van der Waals surface area contributed by atoms with Crippen LogP contribution in [-0.2, 0) is 29.7 Å². The van der Waals surface area contributed by atoms with Crippen LogP contribution in [0.3, 0.4) is 0 Å². The zero-order chi connectivity index (χ0) is 29.1. The standard InChI is InChI=1S/C36H58N2O2/c1-6-8-9-10-11-12-13-14-15-16-17-18-19-22-27-40-34-25-24-31(28-33(34)36(3,4)5)29-35(39)37-30-32-23-20-21-26-38(32)7-2/h20-21,23-26,28H,6-19,22,27,29-30H2,1-5H3/p+1. The summed E-state index contributed by atoms with van der Waals surface area (Å²) in [5.74, 6) is 1.00. The maximum Gasteiger partial charge on any atom is 0.224 e. The lowest BCUT2D eigenvalue weighted by molar-refractivity contribution is -0.701. The van der Waals surface area contributed by atoms with Crippen molar-refractivity contribution in [2.75, 3.05) is 6.61 Å². The summed E-state index contributed by atoms with van der Waals surface area (Å²) < 4.78 is 8.41. The van der Waals surface area contributed by atoms with E-state index in [1.54, 1.807) is 0 Å². The number of aryl methyl sites for hydroxylation is 1. The molecular formula is C36H59N2O2+. The zero-order valence-electron chi connectivity index (χ0n) is 26.5. The van der Waals surface area contributed by atoms with Gasteiger partial charge in [0.25, 0.3) is 0 Å². The highest BCUT2D eigenvalue weighted by Crippen LogP contribution is 2.32. The number of ether oxygens (including phenoxy) is 1. The van der Waals surface area contributed by atoms with Crippen molar-refractivity contribution in [1.29, 1.82) is 0 Å². The largest absolute Gasteiger partial charge is 0.493 e. The van der Waals surface area contributed by atoms with E-state index >= 15 is 0 Å². The van der Waals surface area contributed by atoms with Crippen LogP contribution in [0.15, 0.2) is 42.6 Å². The Morgan fingerprint density at radius 2 is 1.40 bits per heavy atom. The van der Waals surface area contributed by atoms with Gasteiger partial charge in [0.2, 0.25) is 11.6 Å². The first-order valence-corrected chi connectivity index (χ1v) is 16.4. The van der Waals surface area contributed by atoms with Crippen LogP contribution < -0.4 is 14.6 Å². The van der Waals surface area contributed by atoms with Crippen LogP contribution in [0.1, 0.15) is 141 Å². The van der Waals surface area contributed by atoms with E-state index in [0.29, 0.717) is 13.0 Å². The summed E-state index contributed by atoms with van der Waals surface area (Å²) in [6.07, 6.45) is 21.5. The molecule has 1 amide bonds. The van der Waals surface area contributed by atoms with Gasteiger partial charge in [0.1, 0.15) is 18.8 Å². The number of hydrogen-bond acceptors (Lipinski definition) is 2. The molecule has 224 valence electrons. The average molecular weight is 552 g/mol. The molecule has 0 aliphatic carbocycles. The number of hydrogen-bond donors (Lipinski definition) is 1. The first-order valence-electron chi connectivity index (χ1n) is 16.4. The Hall–Kier alpha value is -2.36. The predicted molar refractivity (Wildman–Crippen MR) is 169 cm³/mol. The van der Waals surface area contributed by atoms with Crippen molar-refractivity contribution < 1.29 is 14.1 Å². The van der Waals surface area contributed by atoms with E-state index < -0.39 is 0 Å². The number of carbonyl (C=O) groups excluding carboxylic acids is 1. The van der Waals surface area contributed by atoms with Crippen molar-refractivity contribution in [3.8, 4) is 5.75 Å². The number of carbonyl (C=O) groups is 1. The number of nitrogens with zero attached hydrogens (tertiary/aromatic N) is 1. The molecule has 0 saturated carbocycles. The first kappa shape index (κ1) is 33.8. The van der Waals surface area contributed by atoms with Crippen LogP contribution in [0.25, 0.3) is 0 Å². The number of benzene rings is 1. The summed E-state index contributed by atoms with van der Waals surface area (Å²) in [7, 11) is 0. The van der Waals surface area contributed by atoms with Crippen molar-refractivity contribution in [2.45, 2.75) is 149 Å². The summed E-state index contributed by atoms with van der Waals surface area (Å²) in [4.78, 5) is 12.7. The molecule has 0 atom stereocenters. The molecule has 0 saturated heterocycles. The molecule has 0 bridgehead atoms. The predicted octanol–water partition coefficient (Wildman–Crippen LogP) is 9.01. The highest BCUT2D eigenvalue weighted by molar-refractivity contribution is 5.78. The molecular weight excluding hydrogens is 492 g/mol. The molecule has 1 heterocycles. The van der Waals surface area contributed by atoms with Gasteiger partial charge in [-0.05, 0) is 36.0 Å². The summed E-state index contributed by atoms with van der Waals surface area (Å²) in [5.41, 5.74) is 3.27. The monoisotopic (exact) mass is 551 g/mol. The number of nitrogens with one attached hydrogen (secondary N) is 1. The molecule has 2 rings (SSSR count). The summed E-state index contributed by atoms with van der Waals surface area (Å²) in [6, 6.07) is 12.4. The summed E-state index contributed by atoms with van der Waals surface area (Å²) >= 11 is 0. The third kappa shape index (κ3) is 13.8. The van der Waals surface area contributed by atoms with Gasteiger partial charge in [-0.3, -0.25) is 4.79 Å². The highest BCUT2D eigenvalue weighted by Gasteiger charge is 2.20. The second kappa shape index (κ2) is 19.7. The molecule has 40 heavy (non-hydrogen) atoms. The van der Waals surface area contributed by atoms with Crippen molar-refractivity contribution in [2.24, 2.45) is 0 Å². The van der Waals surface area contributed by atoms with Gasteiger partial charge < -0.3 is 10.1 Å². The normalized spacial score (nSPS) is 11.5. The van der Waals surface area contributed by atoms with Crippen molar-refractivity contribution in [1.82, 2.24) is 5.32 Å². The van der Waals surface area contributed by atoms with E-state index in [1.165, 1.54) is 89.0 Å². The average Bonchev–Trinajstić information content (AvgIpc) is 2.94. The van der Waals surface area contributed by atoms with E-state index in [4.69, 9.17) is 4.74 Å². The summed E-state index contributed by atoms with van der Waals surface area (Å²) in [5, 5.41) is 3.09. The molecule has 1 aromatic carbocycles. The van der Waals surface area contributed by atoms with Crippen LogP contribution in [-0.4, -0.2) is 12.5 Å². The molecule has 1 N–H and O–H groups in total. The number of amides is 1. The molecule has 4 nitrogen and oxygen atoms in total. The van der Waals surface area contributed by atoms with Crippen molar-refractivity contribution >= 4 is 5.91 Å². The van der Waals surface area contributed by atoms with Crippen LogP contribution >= 0.6 is 0 Å². The van der Waals surface area contributed by atoms with Gasteiger partial charge in [0.15, 0.2) is 6.20 Å². The van der Waals surface area contributed by atoms with Gasteiger partial charge in [-0.25, -0.2) is 4.57 Å². The van der Waals surface area contributed by atoms with Gasteiger partial charge >= 0.3 is 0 Å². The van der Waals surface area contributed by atoms with Gasteiger partial charge in [-0.15, -0.1) is 0 Å². The fourth-order valence-corrected chi connectivity index (χ4v) is 5.30. The molecule has 1 aromatic heterocycles. The minimum atomic E-state index is -0.0476. The molecule has 0 spiro atoms. The van der Waals surface area contributed by atoms with E-state index in [2.05, 4.69) is 68.9 Å². The molecule has 4 heteroatoms. The van der Waals surface area contributed by atoms with Crippen molar-refractivity contribution in [3.05, 3.63) is 59.4 Å². The second-order valence-corrected chi connectivity index (χ2v) is 12.5. The number of aromatic nitrogens is 1. The van der Waals surface area contributed by atoms with Crippen LogP contribution in [0, 0.1) is 0 Å². The third-order valence-electron chi connectivity index (χ3n) is 7.81. The lowest BCUT2D eigenvalue weighted by atomic mass is 9.85. The molecule has 0 radical (unpaired) electrons. The molecule has 0 fully saturated rings. The number of pyridine rings is 1. The maximum atomic E-state index is 12.7. The lowest BCUT2D eigenvalue weighted by Gasteiger charge is -2.24. The first-order chi connectivity index (χ1) is 19.3. The van der Waals surface area contributed by atoms with Gasteiger partial charge in [0, 0.05) is 12.1 Å². The fraction of sp³-hybridized carbons (Fsp3) is 0.667. The Balaban J connectivity index is 1.66. The minimum Gasteiger partial charge on any atom is -0.493 e. The molecule has 2 aromatic rings. The Kier molecular flexibility index (Phi) is 16.6. The molecule has 0 aliphatic heterocycles. The second-order valence-electron chi connectivity index (χ2n) is 12.5. The Bertz CT molecular complexity index is 964. The molecule has 0 unspecified atom stereocenters. The van der Waals surface area contributed by atoms with Crippen LogP contribution in [0.2, 0.25) is 0 Å². The Labute approximate surface area is 246 Å². The van der Waals surface area contributed by atoms with Crippen LogP contribution in [0.4, 0.5) is 0 Å². The number of rotatable bonds is 21. The van der Waals surface area contributed by atoms with Gasteiger partial charge in [-0.2, -0.15) is 0 Å². The zero-order valence-corrected chi connectivity index (χ0v) is 26.5. The minimum absolute atomic E-state index is 0.0439. The quantitative estimate of drug-likeness (QED) is 0.124. The summed E-state index contributed by atoms with van der Waals surface area (Å²) in [6.45, 7) is 13.2. The van der Waals surface area contributed by atoms with Crippen LogP contribution in [0.5, 0.6) is 5.75 Å². The van der Waals surface area contributed by atoms with Crippen molar-refractivity contribution in [3.63, 3.8) is 0 Å². The smallest absolute Gasteiger partial charge is 0.224 e. The van der Waals surface area contributed by atoms with E-state index in [9.17, 15) is 4.79 Å². The SMILES string of the molecule is CCCCCCCCCCCCCCCCOc1ccc(CC(=O)NCc2cccc[n+]2CC)cc1C(C)(C)C.